The van der Waals surface area contributed by atoms with E-state index in [9.17, 15) is 0 Å². The molecule has 2 heterocycles. The molecule has 0 aliphatic rings. The number of nitrogens with zero attached hydrogens (tertiary/aromatic N) is 3. The molecule has 0 saturated heterocycles. The SMILES string of the molecule is COc1ccc(Cn2c(N)nc3cnccc32)cc1. The maximum absolute atomic E-state index is 5.96. The largest absolute Gasteiger partial charge is 0.497 e. The summed E-state index contributed by atoms with van der Waals surface area (Å²) in [6, 6.07) is 9.83. The van der Waals surface area contributed by atoms with Crippen molar-refractivity contribution in [2.24, 2.45) is 0 Å². The van der Waals surface area contributed by atoms with Gasteiger partial charge in [0, 0.05) is 6.20 Å². The van der Waals surface area contributed by atoms with Crippen molar-refractivity contribution >= 4 is 17.0 Å². The third-order valence-corrected chi connectivity index (χ3v) is 3.08. The smallest absolute Gasteiger partial charge is 0.201 e. The molecule has 0 unspecified atom stereocenters. The number of aromatic nitrogens is 3. The van der Waals surface area contributed by atoms with Crippen LogP contribution in [0.4, 0.5) is 5.95 Å². The lowest BCUT2D eigenvalue weighted by Crippen LogP contribution is -2.04. The minimum absolute atomic E-state index is 0.499. The summed E-state index contributed by atoms with van der Waals surface area (Å²) in [5.41, 5.74) is 8.90. The summed E-state index contributed by atoms with van der Waals surface area (Å²) in [4.78, 5) is 8.35. The zero-order chi connectivity index (χ0) is 13.2. The first-order valence-corrected chi connectivity index (χ1v) is 5.96. The van der Waals surface area contributed by atoms with Gasteiger partial charge in [-0.05, 0) is 23.8 Å². The highest BCUT2D eigenvalue weighted by atomic mass is 16.5. The van der Waals surface area contributed by atoms with E-state index in [2.05, 4.69) is 9.97 Å². The standard InChI is InChI=1S/C14H14N4O/c1-19-11-4-2-10(3-5-11)9-18-13-6-7-16-8-12(13)17-14(18)15/h2-8H,9H2,1H3,(H2,15,17). The minimum atomic E-state index is 0.499. The van der Waals surface area contributed by atoms with E-state index in [4.69, 9.17) is 10.5 Å². The molecule has 19 heavy (non-hydrogen) atoms. The predicted molar refractivity (Wildman–Crippen MR) is 74.0 cm³/mol. The molecule has 1 aromatic carbocycles. The molecule has 2 N–H and O–H groups in total. The van der Waals surface area contributed by atoms with Crippen LogP contribution in [0.25, 0.3) is 11.0 Å². The summed E-state index contributed by atoms with van der Waals surface area (Å²) < 4.78 is 7.12. The quantitative estimate of drug-likeness (QED) is 0.777. The maximum atomic E-state index is 5.96. The lowest BCUT2D eigenvalue weighted by molar-refractivity contribution is 0.414. The van der Waals surface area contributed by atoms with E-state index in [1.807, 2.05) is 34.9 Å². The van der Waals surface area contributed by atoms with Crippen LogP contribution in [0, 0.1) is 0 Å². The number of hydrogen-bond acceptors (Lipinski definition) is 4. The first kappa shape index (κ1) is 11.5. The van der Waals surface area contributed by atoms with Crippen LogP contribution in [0.2, 0.25) is 0 Å². The van der Waals surface area contributed by atoms with Crippen molar-refractivity contribution in [3.8, 4) is 5.75 Å². The summed E-state index contributed by atoms with van der Waals surface area (Å²) in [6.07, 6.45) is 3.46. The van der Waals surface area contributed by atoms with Gasteiger partial charge in [0.25, 0.3) is 0 Å². The number of nitrogen functional groups attached to an aromatic ring is 1. The number of imidazole rings is 1. The van der Waals surface area contributed by atoms with Crippen LogP contribution in [-0.4, -0.2) is 21.6 Å². The van der Waals surface area contributed by atoms with Gasteiger partial charge in [-0.15, -0.1) is 0 Å². The third-order valence-electron chi connectivity index (χ3n) is 3.08. The molecule has 2 aromatic heterocycles. The van der Waals surface area contributed by atoms with Crippen LogP contribution < -0.4 is 10.5 Å². The number of rotatable bonds is 3. The highest BCUT2D eigenvalue weighted by molar-refractivity contribution is 5.77. The van der Waals surface area contributed by atoms with Gasteiger partial charge in [0.05, 0.1) is 25.4 Å². The van der Waals surface area contributed by atoms with Gasteiger partial charge in [-0.3, -0.25) is 4.98 Å². The number of pyridine rings is 1. The van der Waals surface area contributed by atoms with Crippen molar-refractivity contribution in [3.63, 3.8) is 0 Å². The highest BCUT2D eigenvalue weighted by Crippen LogP contribution is 2.19. The lowest BCUT2D eigenvalue weighted by atomic mass is 10.2. The molecule has 3 rings (SSSR count). The van der Waals surface area contributed by atoms with Gasteiger partial charge in [-0.25, -0.2) is 4.98 Å². The van der Waals surface area contributed by atoms with Gasteiger partial charge in [-0.1, -0.05) is 12.1 Å². The number of ether oxygens (including phenoxy) is 1. The van der Waals surface area contributed by atoms with Crippen LogP contribution >= 0.6 is 0 Å². The van der Waals surface area contributed by atoms with E-state index in [1.165, 1.54) is 0 Å². The average Bonchev–Trinajstić information content (AvgIpc) is 2.76. The predicted octanol–water partition coefficient (Wildman–Crippen LogP) is 2.07. The second kappa shape index (κ2) is 4.61. The molecule has 0 radical (unpaired) electrons. The van der Waals surface area contributed by atoms with Crippen molar-refractivity contribution in [1.29, 1.82) is 0 Å². The lowest BCUT2D eigenvalue weighted by Gasteiger charge is -2.07. The Kier molecular flexibility index (Phi) is 2.79. The monoisotopic (exact) mass is 254 g/mol. The Morgan fingerprint density at radius 3 is 2.74 bits per heavy atom. The number of hydrogen-bond donors (Lipinski definition) is 1. The van der Waals surface area contributed by atoms with E-state index >= 15 is 0 Å². The van der Waals surface area contributed by atoms with Crippen molar-refractivity contribution in [2.45, 2.75) is 6.54 Å². The molecule has 0 aliphatic carbocycles. The van der Waals surface area contributed by atoms with E-state index in [1.54, 1.807) is 19.5 Å². The average molecular weight is 254 g/mol. The number of methoxy groups -OCH3 is 1. The van der Waals surface area contributed by atoms with Crippen molar-refractivity contribution in [2.75, 3.05) is 12.8 Å². The van der Waals surface area contributed by atoms with Crippen LogP contribution in [0.15, 0.2) is 42.7 Å². The molecule has 0 aliphatic heterocycles. The summed E-state index contributed by atoms with van der Waals surface area (Å²) in [5, 5.41) is 0. The Labute approximate surface area is 110 Å². The molecule has 5 nitrogen and oxygen atoms in total. The Hall–Kier alpha value is -2.56. The Bertz CT molecular complexity index is 703. The topological polar surface area (TPSA) is 66.0 Å². The Balaban J connectivity index is 1.98. The van der Waals surface area contributed by atoms with Crippen LogP contribution in [-0.2, 0) is 6.54 Å². The fraction of sp³-hybridized carbons (Fsp3) is 0.143. The van der Waals surface area contributed by atoms with E-state index in [-0.39, 0.29) is 0 Å². The molecule has 0 amide bonds. The molecule has 3 aromatic rings. The summed E-state index contributed by atoms with van der Waals surface area (Å²) in [7, 11) is 1.66. The molecule has 0 atom stereocenters. The Morgan fingerprint density at radius 2 is 2.00 bits per heavy atom. The van der Waals surface area contributed by atoms with Gasteiger partial charge >= 0.3 is 0 Å². The second-order valence-electron chi connectivity index (χ2n) is 4.27. The number of anilines is 1. The first-order chi connectivity index (χ1) is 9.28. The number of nitrogens with two attached hydrogens (primary N) is 1. The van der Waals surface area contributed by atoms with Gasteiger partial charge < -0.3 is 15.0 Å². The second-order valence-corrected chi connectivity index (χ2v) is 4.27. The number of benzene rings is 1. The molecule has 0 fully saturated rings. The van der Waals surface area contributed by atoms with E-state index in [0.29, 0.717) is 12.5 Å². The fourth-order valence-corrected chi connectivity index (χ4v) is 2.08. The normalized spacial score (nSPS) is 10.8. The van der Waals surface area contributed by atoms with Crippen molar-refractivity contribution < 1.29 is 4.74 Å². The molecule has 96 valence electrons. The molecule has 0 bridgehead atoms. The van der Waals surface area contributed by atoms with E-state index < -0.39 is 0 Å². The zero-order valence-corrected chi connectivity index (χ0v) is 10.6. The summed E-state index contributed by atoms with van der Waals surface area (Å²) in [5.74, 6) is 1.34. The molecule has 0 spiro atoms. The van der Waals surface area contributed by atoms with Crippen LogP contribution in [0.3, 0.4) is 0 Å². The maximum Gasteiger partial charge on any atom is 0.201 e. The fourth-order valence-electron chi connectivity index (χ4n) is 2.08. The molecule has 0 saturated carbocycles. The van der Waals surface area contributed by atoms with Gasteiger partial charge in [0.15, 0.2) is 0 Å². The van der Waals surface area contributed by atoms with Crippen molar-refractivity contribution in [3.05, 3.63) is 48.3 Å². The van der Waals surface area contributed by atoms with Gasteiger partial charge in [0.1, 0.15) is 11.3 Å². The Morgan fingerprint density at radius 1 is 1.21 bits per heavy atom. The summed E-state index contributed by atoms with van der Waals surface area (Å²) in [6.45, 7) is 0.677. The van der Waals surface area contributed by atoms with Gasteiger partial charge in [-0.2, -0.15) is 0 Å². The van der Waals surface area contributed by atoms with Crippen LogP contribution in [0.1, 0.15) is 5.56 Å². The molecular weight excluding hydrogens is 240 g/mol. The number of fused-ring (bicyclic) bond motifs is 1. The van der Waals surface area contributed by atoms with Gasteiger partial charge in [0.2, 0.25) is 5.95 Å². The zero-order valence-electron chi connectivity index (χ0n) is 10.6. The minimum Gasteiger partial charge on any atom is -0.497 e. The van der Waals surface area contributed by atoms with E-state index in [0.717, 1.165) is 22.3 Å². The molecular formula is C14H14N4O. The third kappa shape index (κ3) is 2.10. The first-order valence-electron chi connectivity index (χ1n) is 5.96. The molecule has 5 heteroatoms. The van der Waals surface area contributed by atoms with Crippen LogP contribution in [0.5, 0.6) is 5.75 Å². The highest BCUT2D eigenvalue weighted by Gasteiger charge is 2.08. The summed E-state index contributed by atoms with van der Waals surface area (Å²) >= 11 is 0. The van der Waals surface area contributed by atoms with Crippen molar-refractivity contribution in [1.82, 2.24) is 14.5 Å².